The molecule has 14 heavy (non-hydrogen) atoms. The van der Waals surface area contributed by atoms with Crippen molar-refractivity contribution in [2.24, 2.45) is 5.73 Å². The fraction of sp³-hybridized carbons (Fsp3) is 0.727. The van der Waals surface area contributed by atoms with Crippen LogP contribution in [0.4, 0.5) is 0 Å². The molecule has 0 saturated carbocycles. The minimum atomic E-state index is -0.444. The number of nitrogens with zero attached hydrogens (tertiary/aromatic N) is 1. The Morgan fingerprint density at radius 3 is 1.93 bits per heavy atom. The summed E-state index contributed by atoms with van der Waals surface area (Å²) in [6, 6.07) is 0. The Bertz CT molecular complexity index is 326. The van der Waals surface area contributed by atoms with Crippen molar-refractivity contribution >= 4 is 0 Å². The topological polar surface area (TPSA) is 52.0 Å². The summed E-state index contributed by atoms with van der Waals surface area (Å²) < 4.78 is 5.22. The summed E-state index contributed by atoms with van der Waals surface area (Å²) >= 11 is 0. The largest absolute Gasteiger partial charge is 0.361 e. The highest BCUT2D eigenvalue weighted by Gasteiger charge is 2.31. The van der Waals surface area contributed by atoms with Crippen LogP contribution < -0.4 is 5.73 Å². The van der Waals surface area contributed by atoms with E-state index in [1.165, 1.54) is 0 Å². The van der Waals surface area contributed by atoms with Crippen LogP contribution in [0.25, 0.3) is 0 Å². The third kappa shape index (κ3) is 1.98. The standard InChI is InChI=1S/C11H20N2O/c1-7-8(10(2,3)4)9(13-14-7)11(5,6)12/h12H2,1-6H3. The van der Waals surface area contributed by atoms with E-state index in [4.69, 9.17) is 10.3 Å². The molecule has 3 nitrogen and oxygen atoms in total. The number of aryl methyl sites for hydroxylation is 1. The molecule has 0 aliphatic heterocycles. The van der Waals surface area contributed by atoms with Crippen LogP contribution in [-0.4, -0.2) is 5.16 Å². The molecule has 0 fully saturated rings. The predicted octanol–water partition coefficient (Wildman–Crippen LogP) is 2.47. The lowest BCUT2D eigenvalue weighted by molar-refractivity contribution is 0.372. The lowest BCUT2D eigenvalue weighted by Gasteiger charge is -2.24. The van der Waals surface area contributed by atoms with Gasteiger partial charge in [-0.15, -0.1) is 0 Å². The number of hydrogen-bond acceptors (Lipinski definition) is 3. The van der Waals surface area contributed by atoms with Crippen LogP contribution in [0.2, 0.25) is 0 Å². The van der Waals surface area contributed by atoms with Crippen molar-refractivity contribution in [3.05, 3.63) is 17.0 Å². The van der Waals surface area contributed by atoms with Gasteiger partial charge in [-0.2, -0.15) is 0 Å². The maximum Gasteiger partial charge on any atom is 0.137 e. The molecular formula is C11H20N2O. The normalized spacial score (nSPS) is 13.4. The molecule has 0 aliphatic rings. The molecule has 0 aliphatic carbocycles. The van der Waals surface area contributed by atoms with Crippen LogP contribution in [0.1, 0.15) is 51.6 Å². The molecule has 80 valence electrons. The minimum Gasteiger partial charge on any atom is -0.361 e. The van der Waals surface area contributed by atoms with E-state index < -0.39 is 5.54 Å². The Morgan fingerprint density at radius 2 is 1.64 bits per heavy atom. The Morgan fingerprint density at radius 1 is 1.14 bits per heavy atom. The van der Waals surface area contributed by atoms with E-state index in [1.54, 1.807) is 0 Å². The van der Waals surface area contributed by atoms with Gasteiger partial charge in [0.25, 0.3) is 0 Å². The second-order valence-electron chi connectivity index (χ2n) is 5.43. The second kappa shape index (κ2) is 3.09. The van der Waals surface area contributed by atoms with E-state index in [9.17, 15) is 0 Å². The highest BCUT2D eigenvalue weighted by Crippen LogP contribution is 2.33. The molecule has 0 spiro atoms. The number of aromatic nitrogens is 1. The minimum absolute atomic E-state index is 0.0239. The van der Waals surface area contributed by atoms with E-state index in [1.807, 2.05) is 20.8 Å². The fourth-order valence-corrected chi connectivity index (χ4v) is 1.70. The van der Waals surface area contributed by atoms with E-state index in [0.29, 0.717) is 0 Å². The molecular weight excluding hydrogens is 176 g/mol. The van der Waals surface area contributed by atoms with Gasteiger partial charge in [0.2, 0.25) is 0 Å². The van der Waals surface area contributed by atoms with Crippen molar-refractivity contribution in [1.82, 2.24) is 5.16 Å². The van der Waals surface area contributed by atoms with Crippen LogP contribution in [0.3, 0.4) is 0 Å². The first kappa shape index (κ1) is 11.2. The van der Waals surface area contributed by atoms with Crippen molar-refractivity contribution in [1.29, 1.82) is 0 Å². The summed E-state index contributed by atoms with van der Waals surface area (Å²) in [7, 11) is 0. The van der Waals surface area contributed by atoms with Gasteiger partial charge in [-0.05, 0) is 26.2 Å². The van der Waals surface area contributed by atoms with Gasteiger partial charge in [0.05, 0.1) is 5.54 Å². The zero-order valence-electron chi connectivity index (χ0n) is 9.93. The Balaban J connectivity index is 3.35. The van der Waals surface area contributed by atoms with Gasteiger partial charge in [0.15, 0.2) is 0 Å². The zero-order chi connectivity index (χ0) is 11.1. The van der Waals surface area contributed by atoms with E-state index in [2.05, 4.69) is 25.9 Å². The molecule has 2 N–H and O–H groups in total. The smallest absolute Gasteiger partial charge is 0.137 e. The molecule has 0 saturated heterocycles. The van der Waals surface area contributed by atoms with Gasteiger partial charge in [0.1, 0.15) is 11.5 Å². The van der Waals surface area contributed by atoms with Crippen LogP contribution in [0, 0.1) is 6.92 Å². The average Bonchev–Trinajstić information content (AvgIpc) is 2.27. The monoisotopic (exact) mass is 196 g/mol. The van der Waals surface area contributed by atoms with Gasteiger partial charge in [0, 0.05) is 5.56 Å². The third-order valence-electron chi connectivity index (χ3n) is 2.22. The van der Waals surface area contributed by atoms with Gasteiger partial charge < -0.3 is 10.3 Å². The Hall–Kier alpha value is -0.830. The van der Waals surface area contributed by atoms with Crippen LogP contribution >= 0.6 is 0 Å². The molecule has 1 heterocycles. The van der Waals surface area contributed by atoms with Crippen LogP contribution in [0.15, 0.2) is 4.52 Å². The summed E-state index contributed by atoms with van der Waals surface area (Å²) in [6.07, 6.45) is 0. The first-order chi connectivity index (χ1) is 6.14. The molecule has 3 heteroatoms. The number of nitrogens with two attached hydrogens (primary N) is 1. The number of rotatable bonds is 1. The molecule has 1 aromatic rings. The van der Waals surface area contributed by atoms with Gasteiger partial charge in [-0.3, -0.25) is 0 Å². The summed E-state index contributed by atoms with van der Waals surface area (Å²) in [5.74, 6) is 0.867. The molecule has 0 aromatic carbocycles. The lowest BCUT2D eigenvalue weighted by atomic mass is 9.81. The summed E-state index contributed by atoms with van der Waals surface area (Å²) in [5.41, 5.74) is 7.62. The summed E-state index contributed by atoms with van der Waals surface area (Å²) in [4.78, 5) is 0. The maximum atomic E-state index is 6.05. The summed E-state index contributed by atoms with van der Waals surface area (Å²) in [6.45, 7) is 12.2. The van der Waals surface area contributed by atoms with E-state index in [-0.39, 0.29) is 5.41 Å². The zero-order valence-corrected chi connectivity index (χ0v) is 9.93. The van der Waals surface area contributed by atoms with E-state index >= 15 is 0 Å². The molecule has 0 unspecified atom stereocenters. The van der Waals surface area contributed by atoms with E-state index in [0.717, 1.165) is 17.0 Å². The van der Waals surface area contributed by atoms with Gasteiger partial charge >= 0.3 is 0 Å². The molecule has 0 amide bonds. The quantitative estimate of drug-likeness (QED) is 0.750. The SMILES string of the molecule is Cc1onc(C(C)(C)N)c1C(C)(C)C. The third-order valence-corrected chi connectivity index (χ3v) is 2.22. The van der Waals surface area contributed by atoms with Gasteiger partial charge in [-0.1, -0.05) is 25.9 Å². The molecule has 0 radical (unpaired) electrons. The van der Waals surface area contributed by atoms with Crippen molar-refractivity contribution in [2.45, 2.75) is 52.5 Å². The summed E-state index contributed by atoms with van der Waals surface area (Å²) in [5, 5.41) is 4.05. The Kier molecular flexibility index (Phi) is 2.48. The highest BCUT2D eigenvalue weighted by atomic mass is 16.5. The average molecular weight is 196 g/mol. The van der Waals surface area contributed by atoms with Gasteiger partial charge in [-0.25, -0.2) is 0 Å². The first-order valence-electron chi connectivity index (χ1n) is 4.90. The number of hydrogen-bond donors (Lipinski definition) is 1. The Labute approximate surface area is 85.7 Å². The van der Waals surface area contributed by atoms with Crippen molar-refractivity contribution in [3.63, 3.8) is 0 Å². The van der Waals surface area contributed by atoms with Crippen molar-refractivity contribution in [3.8, 4) is 0 Å². The first-order valence-corrected chi connectivity index (χ1v) is 4.90. The predicted molar refractivity (Wildman–Crippen MR) is 57.2 cm³/mol. The highest BCUT2D eigenvalue weighted by molar-refractivity contribution is 5.33. The molecule has 0 atom stereocenters. The lowest BCUT2D eigenvalue weighted by Crippen LogP contribution is -2.32. The van der Waals surface area contributed by atoms with Crippen LogP contribution in [-0.2, 0) is 11.0 Å². The molecule has 0 bridgehead atoms. The second-order valence-corrected chi connectivity index (χ2v) is 5.43. The molecule has 1 aromatic heterocycles. The van der Waals surface area contributed by atoms with Crippen molar-refractivity contribution < 1.29 is 4.52 Å². The van der Waals surface area contributed by atoms with Crippen LogP contribution in [0.5, 0.6) is 0 Å². The fourth-order valence-electron chi connectivity index (χ4n) is 1.70. The maximum absolute atomic E-state index is 6.05. The van der Waals surface area contributed by atoms with Crippen molar-refractivity contribution in [2.75, 3.05) is 0 Å². The molecule has 1 rings (SSSR count).